The van der Waals surface area contributed by atoms with E-state index in [-0.39, 0.29) is 5.91 Å². The highest BCUT2D eigenvalue weighted by atomic mass is 16.1. The molecule has 0 atom stereocenters. The minimum Gasteiger partial charge on any atom is -0.351 e. The van der Waals surface area contributed by atoms with Crippen LogP contribution in [0.1, 0.15) is 54.7 Å². The van der Waals surface area contributed by atoms with Crippen molar-refractivity contribution in [2.45, 2.75) is 46.6 Å². The summed E-state index contributed by atoms with van der Waals surface area (Å²) < 4.78 is 2.06. The highest BCUT2D eigenvalue weighted by molar-refractivity contribution is 6.01. The zero-order valence-electron chi connectivity index (χ0n) is 14.1. The number of hydrogen-bond acceptors (Lipinski definition) is 1. The van der Waals surface area contributed by atoms with Gasteiger partial charge in [0.2, 0.25) is 0 Å². The molecule has 0 radical (unpaired) electrons. The lowest BCUT2D eigenvalue weighted by Gasteiger charge is -2.10. The van der Waals surface area contributed by atoms with E-state index in [9.17, 15) is 4.79 Å². The first-order chi connectivity index (χ1) is 10.5. The average Bonchev–Trinajstić information content (AvgIpc) is 2.77. The van der Waals surface area contributed by atoms with Crippen LogP contribution in [0.2, 0.25) is 0 Å². The van der Waals surface area contributed by atoms with Gasteiger partial charge >= 0.3 is 0 Å². The highest BCUT2D eigenvalue weighted by Gasteiger charge is 2.19. The number of fused-ring (bicyclic) bond motifs is 1. The Bertz CT molecular complexity index is 695. The van der Waals surface area contributed by atoms with Crippen LogP contribution in [-0.2, 0) is 6.54 Å². The quantitative estimate of drug-likeness (QED) is 0.788. The zero-order chi connectivity index (χ0) is 16.3. The van der Waals surface area contributed by atoms with E-state index in [1.165, 1.54) is 5.56 Å². The largest absolute Gasteiger partial charge is 0.351 e. The predicted octanol–water partition coefficient (Wildman–Crippen LogP) is 4.40. The minimum atomic E-state index is 0.00324. The number of allylic oxidation sites excluding steroid dienone is 1. The molecule has 3 heteroatoms. The Kier molecular flexibility index (Phi) is 5.07. The Morgan fingerprint density at radius 3 is 2.73 bits per heavy atom. The van der Waals surface area contributed by atoms with E-state index in [4.69, 9.17) is 0 Å². The molecule has 1 N–H and O–H groups in total. The van der Waals surface area contributed by atoms with E-state index in [1.807, 2.05) is 13.0 Å². The molecule has 0 bridgehead atoms. The molecule has 1 heterocycles. The maximum Gasteiger partial charge on any atom is 0.268 e. The van der Waals surface area contributed by atoms with Gasteiger partial charge in [-0.2, -0.15) is 0 Å². The Balaban J connectivity index is 2.62. The van der Waals surface area contributed by atoms with Crippen molar-refractivity contribution >= 4 is 16.8 Å². The molecule has 3 nitrogen and oxygen atoms in total. The molecular weight excluding hydrogens is 272 g/mol. The van der Waals surface area contributed by atoms with Crippen molar-refractivity contribution < 1.29 is 4.79 Å². The third kappa shape index (κ3) is 2.94. The number of rotatable bonds is 6. The first-order valence-electron chi connectivity index (χ1n) is 8.03. The minimum absolute atomic E-state index is 0.00324. The second kappa shape index (κ2) is 6.82. The van der Waals surface area contributed by atoms with Crippen LogP contribution in [0.25, 0.3) is 10.9 Å². The second-order valence-electron chi connectivity index (χ2n) is 6.06. The average molecular weight is 298 g/mol. The van der Waals surface area contributed by atoms with Gasteiger partial charge in [0.15, 0.2) is 0 Å². The van der Waals surface area contributed by atoms with Gasteiger partial charge in [-0.15, -0.1) is 6.58 Å². The third-order valence-electron chi connectivity index (χ3n) is 4.07. The fourth-order valence-electron chi connectivity index (χ4n) is 2.83. The molecule has 0 aliphatic heterocycles. The van der Waals surface area contributed by atoms with Gasteiger partial charge in [-0.25, -0.2) is 0 Å². The number of hydrogen-bond donors (Lipinski definition) is 1. The summed E-state index contributed by atoms with van der Waals surface area (Å²) in [5.74, 6) is 0.479. The van der Waals surface area contributed by atoms with Gasteiger partial charge in [0.25, 0.3) is 5.91 Å². The number of carbonyl (C=O) groups is 1. The molecular formula is C19H26N2O. The first-order valence-corrected chi connectivity index (χ1v) is 8.03. The van der Waals surface area contributed by atoms with E-state index in [0.717, 1.165) is 28.6 Å². The molecule has 22 heavy (non-hydrogen) atoms. The Labute approximate surface area is 133 Å². The smallest absolute Gasteiger partial charge is 0.268 e. The number of nitrogens with one attached hydrogen (secondary N) is 1. The summed E-state index contributed by atoms with van der Waals surface area (Å²) in [6, 6.07) is 6.49. The second-order valence-corrected chi connectivity index (χ2v) is 6.06. The van der Waals surface area contributed by atoms with Crippen LogP contribution in [0.4, 0.5) is 0 Å². The molecule has 1 aromatic heterocycles. The number of aromatic nitrogens is 1. The summed E-state index contributed by atoms with van der Waals surface area (Å²) in [4.78, 5) is 12.5. The Hall–Kier alpha value is -2.03. The molecule has 0 saturated heterocycles. The van der Waals surface area contributed by atoms with Crippen molar-refractivity contribution in [3.05, 3.63) is 47.7 Å². The van der Waals surface area contributed by atoms with E-state index >= 15 is 0 Å². The van der Waals surface area contributed by atoms with Crippen LogP contribution in [-0.4, -0.2) is 17.0 Å². The molecule has 0 fully saturated rings. The summed E-state index contributed by atoms with van der Waals surface area (Å²) in [6.45, 7) is 13.6. The van der Waals surface area contributed by atoms with Crippen molar-refractivity contribution in [1.29, 1.82) is 0 Å². The van der Waals surface area contributed by atoms with Crippen LogP contribution in [0.3, 0.4) is 0 Å². The standard InChI is InChI=1S/C19H26N2O/c1-6-10-20-19(22)18-14(5)16-12-15(13(3)4)8-9-17(16)21(18)11-7-2/h7-9,12-13H,2,6,10-11H2,1,3-5H3,(H,20,22). The van der Waals surface area contributed by atoms with Gasteiger partial charge in [0.05, 0.1) is 0 Å². The van der Waals surface area contributed by atoms with E-state index in [0.29, 0.717) is 19.0 Å². The summed E-state index contributed by atoms with van der Waals surface area (Å²) in [5.41, 5.74) is 4.20. The van der Waals surface area contributed by atoms with Crippen LogP contribution in [0, 0.1) is 6.92 Å². The molecule has 118 valence electrons. The molecule has 0 aliphatic carbocycles. The van der Waals surface area contributed by atoms with Crippen molar-refractivity contribution in [2.75, 3.05) is 6.54 Å². The van der Waals surface area contributed by atoms with Gasteiger partial charge in [-0.1, -0.05) is 32.9 Å². The van der Waals surface area contributed by atoms with Crippen molar-refractivity contribution in [2.24, 2.45) is 0 Å². The first kappa shape index (κ1) is 16.3. The lowest BCUT2D eigenvalue weighted by molar-refractivity contribution is 0.0944. The van der Waals surface area contributed by atoms with Crippen LogP contribution < -0.4 is 5.32 Å². The van der Waals surface area contributed by atoms with Gasteiger partial charge in [-0.3, -0.25) is 4.79 Å². The predicted molar refractivity (Wildman–Crippen MR) is 93.6 cm³/mol. The van der Waals surface area contributed by atoms with Crippen molar-refractivity contribution in [1.82, 2.24) is 9.88 Å². The topological polar surface area (TPSA) is 34.0 Å². The van der Waals surface area contributed by atoms with Gasteiger partial charge < -0.3 is 9.88 Å². The van der Waals surface area contributed by atoms with E-state index in [2.05, 4.69) is 55.4 Å². The summed E-state index contributed by atoms with van der Waals surface area (Å²) in [5, 5.41) is 4.15. The normalized spacial score (nSPS) is 11.1. The molecule has 2 aromatic rings. The molecule has 1 amide bonds. The molecule has 1 aromatic carbocycles. The molecule has 0 spiro atoms. The van der Waals surface area contributed by atoms with Crippen LogP contribution in [0.5, 0.6) is 0 Å². The molecule has 0 aliphatic rings. The lowest BCUT2D eigenvalue weighted by atomic mass is 10.0. The molecule has 0 saturated carbocycles. The summed E-state index contributed by atoms with van der Waals surface area (Å²) >= 11 is 0. The van der Waals surface area contributed by atoms with Crippen LogP contribution in [0.15, 0.2) is 30.9 Å². The zero-order valence-corrected chi connectivity index (χ0v) is 14.1. The van der Waals surface area contributed by atoms with Crippen molar-refractivity contribution in [3.8, 4) is 0 Å². The van der Waals surface area contributed by atoms with Crippen LogP contribution >= 0.6 is 0 Å². The molecule has 0 unspecified atom stereocenters. The summed E-state index contributed by atoms with van der Waals surface area (Å²) in [7, 11) is 0. The summed E-state index contributed by atoms with van der Waals surface area (Å²) in [6.07, 6.45) is 2.77. The fourth-order valence-corrected chi connectivity index (χ4v) is 2.83. The van der Waals surface area contributed by atoms with Gasteiger partial charge in [0, 0.05) is 24.0 Å². The third-order valence-corrected chi connectivity index (χ3v) is 4.07. The Morgan fingerprint density at radius 1 is 1.41 bits per heavy atom. The lowest BCUT2D eigenvalue weighted by Crippen LogP contribution is -2.27. The van der Waals surface area contributed by atoms with Gasteiger partial charge in [0.1, 0.15) is 5.69 Å². The number of aryl methyl sites for hydroxylation is 1. The maximum atomic E-state index is 12.5. The number of benzene rings is 1. The fraction of sp³-hybridized carbons (Fsp3) is 0.421. The Morgan fingerprint density at radius 2 is 2.14 bits per heavy atom. The SMILES string of the molecule is C=CCn1c(C(=O)NCCC)c(C)c2cc(C(C)C)ccc21. The molecule has 2 rings (SSSR count). The number of carbonyl (C=O) groups excluding carboxylic acids is 1. The van der Waals surface area contributed by atoms with E-state index < -0.39 is 0 Å². The number of nitrogens with zero attached hydrogens (tertiary/aromatic N) is 1. The van der Waals surface area contributed by atoms with E-state index in [1.54, 1.807) is 0 Å². The van der Waals surface area contributed by atoms with Crippen molar-refractivity contribution in [3.63, 3.8) is 0 Å². The number of amides is 1. The monoisotopic (exact) mass is 298 g/mol. The van der Waals surface area contributed by atoms with Gasteiger partial charge in [-0.05, 0) is 42.5 Å². The highest BCUT2D eigenvalue weighted by Crippen LogP contribution is 2.29. The maximum absolute atomic E-state index is 12.5.